The molecule has 2 rings (SSSR count). The largest absolute Gasteiger partial charge is 0.391 e. The zero-order valence-corrected chi connectivity index (χ0v) is 8.56. The molecule has 2 aliphatic rings. The Bertz CT molecular complexity index is 341. The first kappa shape index (κ1) is 10.2. The topological polar surface area (TPSA) is 87.9 Å². The van der Waals surface area contributed by atoms with E-state index in [1.807, 2.05) is 6.08 Å². The van der Waals surface area contributed by atoms with Crippen molar-refractivity contribution >= 4 is 6.21 Å². The molecule has 0 amide bonds. The highest BCUT2D eigenvalue weighted by Crippen LogP contribution is 2.33. The average Bonchev–Trinajstić information content (AvgIpc) is 3.04. The van der Waals surface area contributed by atoms with E-state index in [1.54, 1.807) is 6.21 Å². The number of hydrazine groups is 1. The number of aliphatic hydroxyl groups is 1. The molecule has 1 aliphatic heterocycles. The molecular formula is C10H16N4O. The van der Waals surface area contributed by atoms with Crippen LogP contribution in [0.3, 0.4) is 0 Å². The van der Waals surface area contributed by atoms with Gasteiger partial charge in [-0.05, 0) is 31.3 Å². The molecule has 1 heterocycles. The van der Waals surface area contributed by atoms with Crippen LogP contribution in [0.25, 0.3) is 0 Å². The van der Waals surface area contributed by atoms with E-state index in [4.69, 9.17) is 16.7 Å². The molecule has 0 radical (unpaired) electrons. The van der Waals surface area contributed by atoms with Crippen LogP contribution in [0, 0.1) is 5.92 Å². The van der Waals surface area contributed by atoms with Crippen molar-refractivity contribution in [3.8, 4) is 0 Å². The Kier molecular flexibility index (Phi) is 2.75. The number of rotatable bonds is 3. The van der Waals surface area contributed by atoms with Gasteiger partial charge in [0.15, 0.2) is 0 Å². The van der Waals surface area contributed by atoms with Crippen LogP contribution in [-0.2, 0) is 0 Å². The minimum absolute atomic E-state index is 0.140. The van der Waals surface area contributed by atoms with Gasteiger partial charge in [0.2, 0.25) is 0 Å². The number of aliphatic hydroxyl groups excluding tert-OH is 1. The standard InChI is InChI=1S/C10H16N4O/c11-10-8(6-15)5-13-9(14(10)12)4-3-7-1-2-7/h4-5,7,15H,1-3,6,11-12H2/b9-4-. The van der Waals surface area contributed by atoms with Gasteiger partial charge in [-0.15, -0.1) is 0 Å². The highest BCUT2D eigenvalue weighted by atomic mass is 16.3. The van der Waals surface area contributed by atoms with Gasteiger partial charge in [0.05, 0.1) is 6.61 Å². The average molecular weight is 208 g/mol. The van der Waals surface area contributed by atoms with Gasteiger partial charge in [-0.25, -0.2) is 15.8 Å². The van der Waals surface area contributed by atoms with Gasteiger partial charge in [-0.2, -0.15) is 0 Å². The Morgan fingerprint density at radius 3 is 2.93 bits per heavy atom. The van der Waals surface area contributed by atoms with Gasteiger partial charge < -0.3 is 10.8 Å². The zero-order valence-electron chi connectivity index (χ0n) is 8.56. The highest BCUT2D eigenvalue weighted by molar-refractivity contribution is 5.81. The van der Waals surface area contributed by atoms with Gasteiger partial charge in [0, 0.05) is 11.8 Å². The smallest absolute Gasteiger partial charge is 0.144 e. The first-order valence-electron chi connectivity index (χ1n) is 5.11. The van der Waals surface area contributed by atoms with Crippen molar-refractivity contribution in [2.24, 2.45) is 22.5 Å². The fraction of sp³-hybridized carbons (Fsp3) is 0.500. The second kappa shape index (κ2) is 4.04. The summed E-state index contributed by atoms with van der Waals surface area (Å²) < 4.78 is 0. The maximum Gasteiger partial charge on any atom is 0.144 e. The maximum absolute atomic E-state index is 8.96. The third-order valence-corrected chi connectivity index (χ3v) is 2.69. The summed E-state index contributed by atoms with van der Waals surface area (Å²) in [5.74, 6) is 7.58. The summed E-state index contributed by atoms with van der Waals surface area (Å²) in [6, 6.07) is 0. The molecule has 0 spiro atoms. The van der Waals surface area contributed by atoms with Crippen molar-refractivity contribution in [2.45, 2.75) is 19.3 Å². The second-order valence-electron chi connectivity index (χ2n) is 3.94. The molecule has 0 aromatic heterocycles. The molecule has 0 bridgehead atoms. The van der Waals surface area contributed by atoms with E-state index in [0.717, 1.165) is 12.3 Å². The summed E-state index contributed by atoms with van der Waals surface area (Å²) >= 11 is 0. The number of nitrogens with zero attached hydrogens (tertiary/aromatic N) is 2. The van der Waals surface area contributed by atoms with Crippen LogP contribution in [0.15, 0.2) is 28.3 Å². The Balaban J connectivity index is 2.08. The van der Waals surface area contributed by atoms with E-state index in [2.05, 4.69) is 4.99 Å². The number of hydrogen-bond acceptors (Lipinski definition) is 5. The van der Waals surface area contributed by atoms with Crippen molar-refractivity contribution in [3.05, 3.63) is 23.3 Å². The van der Waals surface area contributed by atoms with E-state index in [-0.39, 0.29) is 6.61 Å². The molecule has 1 saturated carbocycles. The Morgan fingerprint density at radius 1 is 1.60 bits per heavy atom. The van der Waals surface area contributed by atoms with Crippen molar-refractivity contribution in [1.29, 1.82) is 0 Å². The summed E-state index contributed by atoms with van der Waals surface area (Å²) in [6.07, 6.45) is 7.16. The molecule has 1 fully saturated rings. The van der Waals surface area contributed by atoms with Gasteiger partial charge in [0.25, 0.3) is 0 Å². The molecule has 5 N–H and O–H groups in total. The van der Waals surface area contributed by atoms with Crippen LogP contribution in [0.2, 0.25) is 0 Å². The summed E-state index contributed by atoms with van der Waals surface area (Å²) in [7, 11) is 0. The SMILES string of the molecule is NC1=C(CO)C=N/C(=C/CC2CC2)N1N. The molecule has 5 heteroatoms. The number of nitrogens with two attached hydrogens (primary N) is 2. The second-order valence-corrected chi connectivity index (χ2v) is 3.94. The first-order valence-corrected chi connectivity index (χ1v) is 5.11. The van der Waals surface area contributed by atoms with Crippen LogP contribution >= 0.6 is 0 Å². The predicted octanol–water partition coefficient (Wildman–Crippen LogP) is 0.0506. The lowest BCUT2D eigenvalue weighted by Gasteiger charge is -2.24. The van der Waals surface area contributed by atoms with Gasteiger partial charge in [0.1, 0.15) is 11.6 Å². The molecule has 15 heavy (non-hydrogen) atoms. The number of aliphatic imine (C=N–C) groups is 1. The quantitative estimate of drug-likeness (QED) is 0.572. The summed E-state index contributed by atoms with van der Waals surface area (Å²) in [5, 5.41) is 10.3. The van der Waals surface area contributed by atoms with Gasteiger partial charge in [-0.1, -0.05) is 0 Å². The minimum Gasteiger partial charge on any atom is -0.391 e. The van der Waals surface area contributed by atoms with E-state index < -0.39 is 0 Å². The highest BCUT2D eigenvalue weighted by Gasteiger charge is 2.21. The monoisotopic (exact) mass is 208 g/mol. The van der Waals surface area contributed by atoms with E-state index >= 15 is 0 Å². The van der Waals surface area contributed by atoms with E-state index in [9.17, 15) is 0 Å². The minimum atomic E-state index is -0.140. The maximum atomic E-state index is 8.96. The fourth-order valence-corrected chi connectivity index (χ4v) is 1.45. The Hall–Kier alpha value is -1.33. The normalized spacial score (nSPS) is 24.1. The van der Waals surface area contributed by atoms with Crippen molar-refractivity contribution in [2.75, 3.05) is 6.61 Å². The number of hydrogen-bond donors (Lipinski definition) is 3. The fourth-order valence-electron chi connectivity index (χ4n) is 1.45. The molecule has 0 saturated heterocycles. The molecule has 0 atom stereocenters. The van der Waals surface area contributed by atoms with Crippen LogP contribution < -0.4 is 11.6 Å². The molecule has 5 nitrogen and oxygen atoms in total. The molecule has 82 valence electrons. The van der Waals surface area contributed by atoms with E-state index in [0.29, 0.717) is 17.2 Å². The van der Waals surface area contributed by atoms with Crippen molar-refractivity contribution in [3.63, 3.8) is 0 Å². The van der Waals surface area contributed by atoms with Crippen LogP contribution in [-0.4, -0.2) is 22.9 Å². The lowest BCUT2D eigenvalue weighted by atomic mass is 10.2. The van der Waals surface area contributed by atoms with Crippen LogP contribution in [0.1, 0.15) is 19.3 Å². The van der Waals surface area contributed by atoms with Gasteiger partial charge >= 0.3 is 0 Å². The predicted molar refractivity (Wildman–Crippen MR) is 58.2 cm³/mol. The van der Waals surface area contributed by atoms with Crippen molar-refractivity contribution < 1.29 is 5.11 Å². The lowest BCUT2D eigenvalue weighted by Crippen LogP contribution is -2.37. The first-order chi connectivity index (χ1) is 7.22. The molecule has 1 aliphatic carbocycles. The molecular weight excluding hydrogens is 192 g/mol. The van der Waals surface area contributed by atoms with Crippen LogP contribution in [0.5, 0.6) is 0 Å². The van der Waals surface area contributed by atoms with E-state index in [1.165, 1.54) is 17.9 Å². The summed E-state index contributed by atoms with van der Waals surface area (Å²) in [6.45, 7) is -0.140. The summed E-state index contributed by atoms with van der Waals surface area (Å²) in [5.41, 5.74) is 6.29. The van der Waals surface area contributed by atoms with Crippen molar-refractivity contribution in [1.82, 2.24) is 5.01 Å². The van der Waals surface area contributed by atoms with Gasteiger partial charge in [-0.3, -0.25) is 0 Å². The summed E-state index contributed by atoms with van der Waals surface area (Å²) in [4.78, 5) is 4.15. The molecule has 0 aromatic carbocycles. The third-order valence-electron chi connectivity index (χ3n) is 2.69. The molecule has 0 aromatic rings. The molecule has 0 unspecified atom stereocenters. The van der Waals surface area contributed by atoms with Crippen LogP contribution in [0.4, 0.5) is 0 Å². The Morgan fingerprint density at radius 2 is 2.33 bits per heavy atom. The lowest BCUT2D eigenvalue weighted by molar-refractivity contribution is 0.326. The number of allylic oxidation sites excluding steroid dienone is 1. The zero-order chi connectivity index (χ0) is 10.8. The third kappa shape index (κ3) is 2.19. The Labute approximate surface area is 88.7 Å².